The Bertz CT molecular complexity index is 1070. The summed E-state index contributed by atoms with van der Waals surface area (Å²) in [5, 5.41) is 10.3. The lowest BCUT2D eigenvalue weighted by Crippen LogP contribution is -2.63. The molecule has 0 bridgehead atoms. The molecule has 2 amide bonds. The SMILES string of the molecule is CC(C)(C)c1cc(Cl)nc2cc(C(=O)N3CCN(C(=O)[C@H]4C[C@@](C)(O)C4)CC3(C)C)oc12. The fourth-order valence-electron chi connectivity index (χ4n) is 4.94. The number of pyridine rings is 1. The summed E-state index contributed by atoms with van der Waals surface area (Å²) in [7, 11) is 0. The maximum absolute atomic E-state index is 13.4. The van der Waals surface area contributed by atoms with E-state index in [1.807, 2.05) is 18.7 Å². The summed E-state index contributed by atoms with van der Waals surface area (Å²) >= 11 is 6.22. The standard InChI is InChI=1S/C24H32ClN3O4/c1-22(2,3)15-9-18(25)26-16-10-17(32-19(15)16)21(30)28-8-7-27(13-23(28,4)5)20(29)14-11-24(6,31)12-14/h9-10,14,31H,7-8,11-13H2,1-6H3/t14-,24+. The summed E-state index contributed by atoms with van der Waals surface area (Å²) in [6.45, 7) is 13.2. The van der Waals surface area contributed by atoms with Gasteiger partial charge in [0.15, 0.2) is 11.3 Å². The van der Waals surface area contributed by atoms with Crippen molar-refractivity contribution in [1.29, 1.82) is 0 Å². The molecule has 32 heavy (non-hydrogen) atoms. The molecule has 1 N–H and O–H groups in total. The van der Waals surface area contributed by atoms with E-state index in [0.29, 0.717) is 48.7 Å². The van der Waals surface area contributed by atoms with Crippen molar-refractivity contribution >= 4 is 34.5 Å². The van der Waals surface area contributed by atoms with E-state index >= 15 is 0 Å². The summed E-state index contributed by atoms with van der Waals surface area (Å²) in [5.41, 5.74) is 0.521. The number of carbonyl (C=O) groups excluding carboxylic acids is 2. The van der Waals surface area contributed by atoms with Crippen LogP contribution < -0.4 is 0 Å². The molecule has 0 aromatic carbocycles. The number of hydrogen-bond acceptors (Lipinski definition) is 5. The van der Waals surface area contributed by atoms with Gasteiger partial charge in [-0.3, -0.25) is 9.59 Å². The predicted molar refractivity (Wildman–Crippen MR) is 123 cm³/mol. The first-order valence-electron chi connectivity index (χ1n) is 11.1. The molecular formula is C24H32ClN3O4. The van der Waals surface area contributed by atoms with E-state index in [9.17, 15) is 14.7 Å². The number of aromatic nitrogens is 1. The average molecular weight is 462 g/mol. The summed E-state index contributed by atoms with van der Waals surface area (Å²) in [6.07, 6.45) is 0.992. The van der Waals surface area contributed by atoms with E-state index in [2.05, 4.69) is 25.8 Å². The second-order valence-electron chi connectivity index (χ2n) is 11.2. The molecule has 0 unspecified atom stereocenters. The summed E-state index contributed by atoms with van der Waals surface area (Å²) in [4.78, 5) is 34.2. The molecule has 4 rings (SSSR count). The number of aliphatic hydroxyl groups is 1. The number of halogens is 1. The van der Waals surface area contributed by atoms with Crippen molar-refractivity contribution in [2.75, 3.05) is 19.6 Å². The van der Waals surface area contributed by atoms with Crippen LogP contribution in [-0.2, 0) is 10.2 Å². The van der Waals surface area contributed by atoms with E-state index in [1.54, 1.807) is 24.0 Å². The van der Waals surface area contributed by atoms with Gasteiger partial charge in [0.1, 0.15) is 10.7 Å². The van der Waals surface area contributed by atoms with Crippen molar-refractivity contribution < 1.29 is 19.1 Å². The summed E-state index contributed by atoms with van der Waals surface area (Å²) in [6, 6.07) is 3.44. The number of piperazine rings is 1. The van der Waals surface area contributed by atoms with Crippen LogP contribution >= 0.6 is 11.6 Å². The quantitative estimate of drug-likeness (QED) is 0.683. The highest BCUT2D eigenvalue weighted by atomic mass is 35.5. The Morgan fingerprint density at radius 1 is 1.19 bits per heavy atom. The van der Waals surface area contributed by atoms with Crippen LogP contribution in [0.15, 0.2) is 16.5 Å². The number of amides is 2. The molecular weight excluding hydrogens is 430 g/mol. The van der Waals surface area contributed by atoms with E-state index in [-0.39, 0.29) is 28.9 Å². The number of carbonyl (C=O) groups is 2. The van der Waals surface area contributed by atoms with Gasteiger partial charge in [0.2, 0.25) is 5.91 Å². The molecule has 2 aliphatic rings. The molecule has 2 aromatic heterocycles. The van der Waals surface area contributed by atoms with Gasteiger partial charge in [0.05, 0.1) is 11.1 Å². The monoisotopic (exact) mass is 461 g/mol. The van der Waals surface area contributed by atoms with E-state index in [1.165, 1.54) is 0 Å². The highest BCUT2D eigenvalue weighted by Crippen LogP contribution is 2.39. The van der Waals surface area contributed by atoms with Crippen molar-refractivity contribution in [3.05, 3.63) is 28.6 Å². The zero-order valence-electron chi connectivity index (χ0n) is 19.7. The van der Waals surface area contributed by atoms with Crippen LogP contribution in [0.25, 0.3) is 11.1 Å². The molecule has 3 heterocycles. The van der Waals surface area contributed by atoms with Gasteiger partial charge in [-0.25, -0.2) is 4.98 Å². The molecule has 0 atom stereocenters. The zero-order valence-corrected chi connectivity index (χ0v) is 20.4. The lowest BCUT2D eigenvalue weighted by atomic mass is 9.71. The number of nitrogens with zero attached hydrogens (tertiary/aromatic N) is 3. The Morgan fingerprint density at radius 2 is 1.84 bits per heavy atom. The molecule has 7 nitrogen and oxygen atoms in total. The Kier molecular flexibility index (Phi) is 5.37. The number of hydrogen-bond donors (Lipinski definition) is 1. The van der Waals surface area contributed by atoms with Crippen molar-refractivity contribution in [3.8, 4) is 0 Å². The topological polar surface area (TPSA) is 86.9 Å². The largest absolute Gasteiger partial charge is 0.449 e. The third-order valence-corrected chi connectivity index (χ3v) is 6.84. The number of rotatable bonds is 2. The predicted octanol–water partition coefficient (Wildman–Crippen LogP) is 4.00. The first-order valence-corrected chi connectivity index (χ1v) is 11.5. The first kappa shape index (κ1) is 23.1. The van der Waals surface area contributed by atoms with Crippen LogP contribution in [0, 0.1) is 5.92 Å². The third kappa shape index (κ3) is 4.13. The summed E-state index contributed by atoms with van der Waals surface area (Å²) < 4.78 is 6.03. The Labute approximate surface area is 193 Å². The van der Waals surface area contributed by atoms with E-state index < -0.39 is 11.1 Å². The van der Waals surface area contributed by atoms with E-state index in [0.717, 1.165) is 5.56 Å². The minimum Gasteiger partial charge on any atom is -0.449 e. The van der Waals surface area contributed by atoms with Crippen LogP contribution in [0.5, 0.6) is 0 Å². The second kappa shape index (κ2) is 7.45. The van der Waals surface area contributed by atoms with Gasteiger partial charge < -0.3 is 19.3 Å². The molecule has 2 aromatic rings. The average Bonchev–Trinajstić information content (AvgIpc) is 3.06. The second-order valence-corrected chi connectivity index (χ2v) is 11.6. The molecule has 1 saturated carbocycles. The van der Waals surface area contributed by atoms with Crippen molar-refractivity contribution in [2.24, 2.45) is 5.92 Å². The molecule has 174 valence electrons. The number of furan rings is 1. The Morgan fingerprint density at radius 3 is 2.41 bits per heavy atom. The molecule has 8 heteroatoms. The van der Waals surface area contributed by atoms with Gasteiger partial charge in [-0.05, 0) is 45.1 Å². The zero-order chi connectivity index (χ0) is 23.6. The minimum atomic E-state index is -0.738. The van der Waals surface area contributed by atoms with Crippen LogP contribution in [0.2, 0.25) is 5.15 Å². The first-order chi connectivity index (χ1) is 14.7. The van der Waals surface area contributed by atoms with Crippen LogP contribution in [0.4, 0.5) is 0 Å². The molecule has 0 radical (unpaired) electrons. The van der Waals surface area contributed by atoms with Crippen molar-refractivity contribution in [2.45, 2.75) is 70.9 Å². The lowest BCUT2D eigenvalue weighted by molar-refractivity contribution is -0.153. The van der Waals surface area contributed by atoms with Crippen molar-refractivity contribution in [3.63, 3.8) is 0 Å². The minimum absolute atomic E-state index is 0.0640. The maximum atomic E-state index is 13.4. The normalized spacial score (nSPS) is 25.7. The number of fused-ring (bicyclic) bond motifs is 1. The van der Waals surface area contributed by atoms with Crippen molar-refractivity contribution in [1.82, 2.24) is 14.8 Å². The molecule has 0 spiro atoms. The fourth-order valence-corrected chi connectivity index (χ4v) is 5.14. The van der Waals surface area contributed by atoms with Gasteiger partial charge in [-0.2, -0.15) is 0 Å². The highest BCUT2D eigenvalue weighted by molar-refractivity contribution is 6.30. The molecule has 1 saturated heterocycles. The highest BCUT2D eigenvalue weighted by Gasteiger charge is 2.47. The maximum Gasteiger partial charge on any atom is 0.290 e. The molecule has 1 aliphatic heterocycles. The molecule has 1 aliphatic carbocycles. The summed E-state index contributed by atoms with van der Waals surface area (Å²) in [5.74, 6) is -0.0648. The lowest BCUT2D eigenvalue weighted by Gasteiger charge is -2.49. The van der Waals surface area contributed by atoms with Gasteiger partial charge >= 0.3 is 0 Å². The van der Waals surface area contributed by atoms with Crippen LogP contribution in [-0.4, -0.2) is 62.5 Å². The fraction of sp³-hybridized carbons (Fsp3) is 0.625. The Hall–Kier alpha value is -2.12. The van der Waals surface area contributed by atoms with Gasteiger partial charge in [-0.15, -0.1) is 0 Å². The third-order valence-electron chi connectivity index (χ3n) is 6.65. The smallest absolute Gasteiger partial charge is 0.290 e. The van der Waals surface area contributed by atoms with Crippen LogP contribution in [0.1, 0.15) is 70.5 Å². The molecule has 2 fully saturated rings. The van der Waals surface area contributed by atoms with Crippen LogP contribution in [0.3, 0.4) is 0 Å². The van der Waals surface area contributed by atoms with Gasteiger partial charge in [-0.1, -0.05) is 32.4 Å². The van der Waals surface area contributed by atoms with Gasteiger partial charge in [0, 0.05) is 37.2 Å². The van der Waals surface area contributed by atoms with E-state index in [4.69, 9.17) is 16.0 Å². The van der Waals surface area contributed by atoms with Gasteiger partial charge in [0.25, 0.3) is 5.91 Å². The Balaban J connectivity index is 1.55.